The standard InChI is InChI=1S/C21H17ClN4S/c1-13-12-18(25-21(22)23-13)24-17-10-8-15(9-11-17)19-14(2)27-20(26-19)16-6-4-3-5-7-16/h3-12H,1-2H3,(H,23,24,25). The molecule has 2 aromatic heterocycles. The van der Waals surface area contributed by atoms with Gasteiger partial charge in [-0.15, -0.1) is 11.3 Å². The minimum Gasteiger partial charge on any atom is -0.340 e. The molecule has 0 aliphatic carbocycles. The summed E-state index contributed by atoms with van der Waals surface area (Å²) in [5.74, 6) is 0.677. The molecule has 0 saturated heterocycles. The zero-order valence-corrected chi connectivity index (χ0v) is 16.5. The summed E-state index contributed by atoms with van der Waals surface area (Å²) in [7, 11) is 0. The molecule has 0 radical (unpaired) electrons. The van der Waals surface area contributed by atoms with Gasteiger partial charge in [0.25, 0.3) is 0 Å². The van der Waals surface area contributed by atoms with Crippen LogP contribution in [-0.4, -0.2) is 15.0 Å². The Kier molecular flexibility index (Phi) is 4.88. The Bertz CT molecular complexity index is 1060. The van der Waals surface area contributed by atoms with Crippen molar-refractivity contribution >= 4 is 34.4 Å². The molecule has 0 fully saturated rings. The molecule has 4 rings (SSSR count). The fourth-order valence-corrected chi connectivity index (χ4v) is 3.99. The van der Waals surface area contributed by atoms with Crippen molar-refractivity contribution in [1.29, 1.82) is 0 Å². The third kappa shape index (κ3) is 3.99. The van der Waals surface area contributed by atoms with Crippen LogP contribution in [0.1, 0.15) is 10.6 Å². The van der Waals surface area contributed by atoms with Gasteiger partial charge >= 0.3 is 0 Å². The van der Waals surface area contributed by atoms with E-state index < -0.39 is 0 Å². The Hall–Kier alpha value is -2.76. The van der Waals surface area contributed by atoms with Crippen molar-refractivity contribution in [3.05, 3.63) is 76.5 Å². The van der Waals surface area contributed by atoms with Crippen molar-refractivity contribution in [2.75, 3.05) is 5.32 Å². The van der Waals surface area contributed by atoms with E-state index in [9.17, 15) is 0 Å². The highest BCUT2D eigenvalue weighted by atomic mass is 35.5. The molecule has 0 amide bonds. The van der Waals surface area contributed by atoms with Gasteiger partial charge in [-0.25, -0.2) is 15.0 Å². The first-order valence-corrected chi connectivity index (χ1v) is 9.69. The zero-order valence-electron chi connectivity index (χ0n) is 14.9. The predicted octanol–water partition coefficient (Wildman–Crippen LogP) is 6.28. The Labute approximate surface area is 166 Å². The number of hydrogen-bond acceptors (Lipinski definition) is 5. The van der Waals surface area contributed by atoms with Crippen LogP contribution in [0.3, 0.4) is 0 Å². The molecule has 0 saturated carbocycles. The van der Waals surface area contributed by atoms with Crippen LogP contribution in [0, 0.1) is 13.8 Å². The number of nitrogens with one attached hydrogen (secondary N) is 1. The lowest BCUT2D eigenvalue weighted by Gasteiger charge is -2.07. The van der Waals surface area contributed by atoms with Crippen LogP contribution < -0.4 is 5.32 Å². The SMILES string of the molecule is Cc1cc(Nc2ccc(-c3nc(-c4ccccc4)sc3C)cc2)nc(Cl)n1. The number of hydrogen-bond donors (Lipinski definition) is 1. The van der Waals surface area contributed by atoms with Crippen molar-refractivity contribution in [2.24, 2.45) is 0 Å². The molecule has 2 aromatic carbocycles. The van der Waals surface area contributed by atoms with Crippen molar-refractivity contribution in [1.82, 2.24) is 15.0 Å². The van der Waals surface area contributed by atoms with E-state index in [1.807, 2.05) is 43.3 Å². The minimum absolute atomic E-state index is 0.237. The minimum atomic E-state index is 0.237. The maximum absolute atomic E-state index is 5.92. The summed E-state index contributed by atoms with van der Waals surface area (Å²) in [5, 5.41) is 4.53. The van der Waals surface area contributed by atoms with E-state index in [4.69, 9.17) is 16.6 Å². The second-order valence-corrected chi connectivity index (χ2v) is 7.70. The maximum atomic E-state index is 5.92. The van der Waals surface area contributed by atoms with Crippen molar-refractivity contribution in [3.8, 4) is 21.8 Å². The quantitative estimate of drug-likeness (QED) is 0.415. The first-order chi connectivity index (χ1) is 13.1. The van der Waals surface area contributed by atoms with E-state index in [-0.39, 0.29) is 5.28 Å². The molecule has 0 atom stereocenters. The molecule has 134 valence electrons. The van der Waals surface area contributed by atoms with Crippen LogP contribution in [0.2, 0.25) is 5.28 Å². The molecule has 0 aliphatic rings. The number of aryl methyl sites for hydroxylation is 2. The van der Waals surface area contributed by atoms with Crippen LogP contribution in [-0.2, 0) is 0 Å². The highest BCUT2D eigenvalue weighted by molar-refractivity contribution is 7.15. The Balaban J connectivity index is 1.58. The fraction of sp³-hybridized carbons (Fsp3) is 0.0952. The molecule has 27 heavy (non-hydrogen) atoms. The van der Waals surface area contributed by atoms with Crippen LogP contribution in [0.15, 0.2) is 60.7 Å². The number of anilines is 2. The van der Waals surface area contributed by atoms with Crippen molar-refractivity contribution < 1.29 is 0 Å². The van der Waals surface area contributed by atoms with Gasteiger partial charge in [0.2, 0.25) is 5.28 Å². The predicted molar refractivity (Wildman–Crippen MR) is 113 cm³/mol. The average Bonchev–Trinajstić information content (AvgIpc) is 3.04. The van der Waals surface area contributed by atoms with Gasteiger partial charge in [-0.1, -0.05) is 42.5 Å². The number of benzene rings is 2. The third-order valence-corrected chi connectivity index (χ3v) is 5.26. The van der Waals surface area contributed by atoms with E-state index >= 15 is 0 Å². The molecule has 6 heteroatoms. The maximum Gasteiger partial charge on any atom is 0.224 e. The van der Waals surface area contributed by atoms with Crippen LogP contribution >= 0.6 is 22.9 Å². The molecule has 2 heterocycles. The van der Waals surface area contributed by atoms with Crippen LogP contribution in [0.5, 0.6) is 0 Å². The van der Waals surface area contributed by atoms with Gasteiger partial charge in [0.15, 0.2) is 0 Å². The van der Waals surface area contributed by atoms with Gasteiger partial charge in [0.05, 0.1) is 5.69 Å². The number of nitrogens with zero attached hydrogens (tertiary/aromatic N) is 3. The lowest BCUT2D eigenvalue weighted by molar-refractivity contribution is 1.10. The topological polar surface area (TPSA) is 50.7 Å². The Morgan fingerprint density at radius 2 is 1.59 bits per heavy atom. The summed E-state index contributed by atoms with van der Waals surface area (Å²) in [6.07, 6.45) is 0. The average molecular weight is 393 g/mol. The summed E-state index contributed by atoms with van der Waals surface area (Å²) in [6, 6.07) is 20.3. The molecule has 0 unspecified atom stereocenters. The highest BCUT2D eigenvalue weighted by Crippen LogP contribution is 2.33. The van der Waals surface area contributed by atoms with Gasteiger partial charge in [-0.05, 0) is 37.6 Å². The molecule has 4 nitrogen and oxygen atoms in total. The van der Waals surface area contributed by atoms with E-state index in [1.165, 1.54) is 4.88 Å². The zero-order chi connectivity index (χ0) is 18.8. The Morgan fingerprint density at radius 1 is 0.852 bits per heavy atom. The number of halogens is 1. The normalized spacial score (nSPS) is 10.8. The molecular weight excluding hydrogens is 376 g/mol. The second-order valence-electron chi connectivity index (χ2n) is 6.16. The summed E-state index contributed by atoms with van der Waals surface area (Å²) < 4.78 is 0. The summed E-state index contributed by atoms with van der Waals surface area (Å²) in [5.41, 5.74) is 5.01. The number of thiazole rings is 1. The molecular formula is C21H17ClN4S. The second kappa shape index (κ2) is 7.47. The monoisotopic (exact) mass is 392 g/mol. The van der Waals surface area contributed by atoms with Gasteiger partial charge in [-0.2, -0.15) is 0 Å². The van der Waals surface area contributed by atoms with E-state index in [1.54, 1.807) is 11.3 Å². The van der Waals surface area contributed by atoms with Gasteiger partial charge in [-0.3, -0.25) is 0 Å². The molecule has 1 N–H and O–H groups in total. The first kappa shape index (κ1) is 17.6. The Morgan fingerprint density at radius 3 is 2.30 bits per heavy atom. The van der Waals surface area contributed by atoms with E-state index in [2.05, 4.69) is 46.5 Å². The molecule has 0 bridgehead atoms. The molecule has 4 aromatic rings. The number of aromatic nitrogens is 3. The van der Waals surface area contributed by atoms with E-state index in [0.29, 0.717) is 5.82 Å². The van der Waals surface area contributed by atoms with Crippen molar-refractivity contribution in [2.45, 2.75) is 13.8 Å². The molecule has 0 aliphatic heterocycles. The fourth-order valence-electron chi connectivity index (χ4n) is 2.82. The summed E-state index contributed by atoms with van der Waals surface area (Å²) >= 11 is 7.64. The third-order valence-electron chi connectivity index (χ3n) is 4.08. The van der Waals surface area contributed by atoms with Gasteiger partial charge < -0.3 is 5.32 Å². The summed E-state index contributed by atoms with van der Waals surface area (Å²) in [4.78, 5) is 14.3. The van der Waals surface area contributed by atoms with E-state index in [0.717, 1.165) is 33.2 Å². The lowest BCUT2D eigenvalue weighted by Crippen LogP contribution is -1.96. The van der Waals surface area contributed by atoms with Crippen LogP contribution in [0.4, 0.5) is 11.5 Å². The largest absolute Gasteiger partial charge is 0.340 e. The lowest BCUT2D eigenvalue weighted by atomic mass is 10.1. The number of rotatable bonds is 4. The first-order valence-electron chi connectivity index (χ1n) is 8.50. The van der Waals surface area contributed by atoms with Crippen molar-refractivity contribution in [3.63, 3.8) is 0 Å². The van der Waals surface area contributed by atoms with Gasteiger partial charge in [0, 0.05) is 33.5 Å². The molecule has 0 spiro atoms. The summed E-state index contributed by atoms with van der Waals surface area (Å²) in [6.45, 7) is 3.99. The highest BCUT2D eigenvalue weighted by Gasteiger charge is 2.11. The van der Waals surface area contributed by atoms with Crippen LogP contribution in [0.25, 0.3) is 21.8 Å². The van der Waals surface area contributed by atoms with Gasteiger partial charge in [0.1, 0.15) is 10.8 Å². The smallest absolute Gasteiger partial charge is 0.224 e.